The number of ether oxygens (including phenoxy) is 1. The number of rotatable bonds is 4. The van der Waals surface area contributed by atoms with Gasteiger partial charge in [0.25, 0.3) is 0 Å². The molecule has 1 saturated heterocycles. The minimum Gasteiger partial charge on any atom is -0.495 e. The second-order valence-electron chi connectivity index (χ2n) is 5.74. The van der Waals surface area contributed by atoms with Crippen molar-refractivity contribution < 1.29 is 9.53 Å². The number of amides is 1. The van der Waals surface area contributed by atoms with Crippen LogP contribution in [-0.2, 0) is 4.79 Å². The predicted molar refractivity (Wildman–Crippen MR) is 93.8 cm³/mol. The first-order valence-corrected chi connectivity index (χ1v) is 8.15. The van der Waals surface area contributed by atoms with Gasteiger partial charge in [-0.25, -0.2) is 9.97 Å². The van der Waals surface area contributed by atoms with Crippen molar-refractivity contribution in [3.05, 3.63) is 41.3 Å². The summed E-state index contributed by atoms with van der Waals surface area (Å²) < 4.78 is 5.32. The molecule has 1 fully saturated rings. The Morgan fingerprint density at radius 3 is 3.04 bits per heavy atom. The first-order chi connectivity index (χ1) is 11.6. The van der Waals surface area contributed by atoms with E-state index >= 15 is 0 Å². The van der Waals surface area contributed by atoms with Crippen LogP contribution >= 0.6 is 11.6 Å². The molecule has 0 aliphatic carbocycles. The van der Waals surface area contributed by atoms with Crippen LogP contribution < -0.4 is 15.0 Å². The summed E-state index contributed by atoms with van der Waals surface area (Å²) in [7, 11) is 1.59. The van der Waals surface area contributed by atoms with Crippen LogP contribution in [0.1, 0.15) is 18.4 Å². The van der Waals surface area contributed by atoms with Gasteiger partial charge >= 0.3 is 0 Å². The van der Waals surface area contributed by atoms with Crippen LogP contribution in [0.5, 0.6) is 5.75 Å². The Balaban J connectivity index is 1.82. The van der Waals surface area contributed by atoms with Crippen molar-refractivity contribution >= 4 is 29.0 Å². The van der Waals surface area contributed by atoms with Crippen LogP contribution in [0.2, 0.25) is 5.02 Å². The Labute approximate surface area is 145 Å². The number of halogens is 1. The lowest BCUT2D eigenvalue weighted by molar-refractivity contribution is -0.117. The molecular weight excluding hydrogens is 328 g/mol. The third-order valence-electron chi connectivity index (χ3n) is 4.09. The van der Waals surface area contributed by atoms with Gasteiger partial charge in [-0.15, -0.1) is 0 Å². The van der Waals surface area contributed by atoms with Crippen molar-refractivity contribution in [1.82, 2.24) is 9.97 Å². The second kappa shape index (κ2) is 7.05. The van der Waals surface area contributed by atoms with Crippen LogP contribution in [0.4, 0.5) is 11.5 Å². The third kappa shape index (κ3) is 3.28. The fourth-order valence-electron chi connectivity index (χ4n) is 2.95. The van der Waals surface area contributed by atoms with Gasteiger partial charge in [0.1, 0.15) is 23.1 Å². The zero-order valence-electron chi connectivity index (χ0n) is 13.6. The van der Waals surface area contributed by atoms with Gasteiger partial charge in [0.05, 0.1) is 19.0 Å². The van der Waals surface area contributed by atoms with E-state index in [1.807, 2.05) is 30.0 Å². The predicted octanol–water partition coefficient (Wildman–Crippen LogP) is 3.05. The molecule has 3 rings (SSSR count). The molecule has 24 heavy (non-hydrogen) atoms. The summed E-state index contributed by atoms with van der Waals surface area (Å²) in [5.74, 6) is 1.14. The summed E-state index contributed by atoms with van der Waals surface area (Å²) in [6.07, 6.45) is 4.64. The highest BCUT2D eigenvalue weighted by atomic mass is 35.5. The number of nitrogens with one attached hydrogen (secondary N) is 1. The van der Waals surface area contributed by atoms with E-state index in [9.17, 15) is 4.79 Å². The number of hydrogen-bond donors (Lipinski definition) is 1. The first-order valence-electron chi connectivity index (χ1n) is 7.78. The Kier molecular flexibility index (Phi) is 4.85. The molecule has 1 aliphatic rings. The van der Waals surface area contributed by atoms with Crippen molar-refractivity contribution in [2.45, 2.75) is 25.8 Å². The highest BCUT2D eigenvalue weighted by Crippen LogP contribution is 2.31. The monoisotopic (exact) mass is 346 g/mol. The zero-order valence-corrected chi connectivity index (χ0v) is 14.4. The molecule has 2 aromatic rings. The van der Waals surface area contributed by atoms with Gasteiger partial charge < -0.3 is 15.0 Å². The molecule has 1 atom stereocenters. The van der Waals surface area contributed by atoms with Gasteiger partial charge in [-0.1, -0.05) is 17.7 Å². The SMILES string of the molecule is COc1ccc(C)cc1NC(=O)C1CCCN1c1ncncc1Cl. The zero-order chi connectivity index (χ0) is 17.1. The largest absolute Gasteiger partial charge is 0.495 e. The molecule has 7 heteroatoms. The number of benzene rings is 1. The maximum absolute atomic E-state index is 12.8. The van der Waals surface area contributed by atoms with Gasteiger partial charge in [0, 0.05) is 6.54 Å². The molecule has 1 aromatic heterocycles. The summed E-state index contributed by atoms with van der Waals surface area (Å²) >= 11 is 6.18. The molecule has 126 valence electrons. The number of hydrogen-bond acceptors (Lipinski definition) is 5. The summed E-state index contributed by atoms with van der Waals surface area (Å²) in [6, 6.07) is 5.37. The molecule has 2 heterocycles. The van der Waals surface area contributed by atoms with Gasteiger partial charge in [-0.05, 0) is 37.5 Å². The van der Waals surface area contributed by atoms with Crippen molar-refractivity contribution in [2.24, 2.45) is 0 Å². The van der Waals surface area contributed by atoms with E-state index in [2.05, 4.69) is 15.3 Å². The van der Waals surface area contributed by atoms with E-state index in [1.165, 1.54) is 6.33 Å². The molecule has 0 saturated carbocycles. The number of anilines is 2. The van der Waals surface area contributed by atoms with Crippen molar-refractivity contribution in [3.8, 4) is 5.75 Å². The number of methoxy groups -OCH3 is 1. The molecule has 1 N–H and O–H groups in total. The number of nitrogens with zero attached hydrogens (tertiary/aromatic N) is 3. The molecular formula is C17H19ClN4O2. The molecule has 0 radical (unpaired) electrons. The average molecular weight is 347 g/mol. The first kappa shape index (κ1) is 16.5. The van der Waals surface area contributed by atoms with E-state index < -0.39 is 0 Å². The van der Waals surface area contributed by atoms with Crippen LogP contribution in [0.3, 0.4) is 0 Å². The van der Waals surface area contributed by atoms with Crippen molar-refractivity contribution in [3.63, 3.8) is 0 Å². The van der Waals surface area contributed by atoms with Crippen LogP contribution in [0.15, 0.2) is 30.7 Å². The fraction of sp³-hybridized carbons (Fsp3) is 0.353. The smallest absolute Gasteiger partial charge is 0.247 e. The topological polar surface area (TPSA) is 67.3 Å². The van der Waals surface area contributed by atoms with Crippen molar-refractivity contribution in [1.29, 1.82) is 0 Å². The van der Waals surface area contributed by atoms with Crippen LogP contribution in [-0.4, -0.2) is 35.6 Å². The van der Waals surface area contributed by atoms with E-state index in [-0.39, 0.29) is 11.9 Å². The number of carbonyl (C=O) groups excluding carboxylic acids is 1. The van der Waals surface area contributed by atoms with Gasteiger partial charge in [0.2, 0.25) is 5.91 Å². The summed E-state index contributed by atoms with van der Waals surface area (Å²) in [4.78, 5) is 22.9. The normalized spacial score (nSPS) is 17.0. The summed E-state index contributed by atoms with van der Waals surface area (Å²) in [6.45, 7) is 2.71. The van der Waals surface area contributed by atoms with Crippen LogP contribution in [0.25, 0.3) is 0 Å². The lowest BCUT2D eigenvalue weighted by Gasteiger charge is -2.25. The number of aryl methyl sites for hydroxylation is 1. The highest BCUT2D eigenvalue weighted by molar-refractivity contribution is 6.32. The molecule has 1 aliphatic heterocycles. The molecule has 0 spiro atoms. The lowest BCUT2D eigenvalue weighted by Crippen LogP contribution is -2.40. The summed E-state index contributed by atoms with van der Waals surface area (Å²) in [5, 5.41) is 3.42. The number of carbonyl (C=O) groups is 1. The quantitative estimate of drug-likeness (QED) is 0.921. The van der Waals surface area contributed by atoms with Gasteiger partial charge in [-0.3, -0.25) is 4.79 Å². The van der Waals surface area contributed by atoms with E-state index in [4.69, 9.17) is 16.3 Å². The van der Waals surface area contributed by atoms with Crippen molar-refractivity contribution in [2.75, 3.05) is 23.9 Å². The maximum Gasteiger partial charge on any atom is 0.247 e. The molecule has 1 unspecified atom stereocenters. The minimum absolute atomic E-state index is 0.0916. The maximum atomic E-state index is 12.8. The summed E-state index contributed by atoms with van der Waals surface area (Å²) in [5.41, 5.74) is 1.72. The fourth-order valence-corrected chi connectivity index (χ4v) is 3.16. The third-order valence-corrected chi connectivity index (χ3v) is 4.36. The Bertz CT molecular complexity index is 753. The van der Waals surface area contributed by atoms with E-state index in [0.717, 1.165) is 24.9 Å². The lowest BCUT2D eigenvalue weighted by atomic mass is 10.1. The van der Waals surface area contributed by atoms with Gasteiger partial charge in [-0.2, -0.15) is 0 Å². The second-order valence-corrected chi connectivity index (χ2v) is 6.15. The Morgan fingerprint density at radius 2 is 2.29 bits per heavy atom. The molecule has 6 nitrogen and oxygen atoms in total. The van der Waals surface area contributed by atoms with Gasteiger partial charge in [0.15, 0.2) is 5.82 Å². The number of aromatic nitrogens is 2. The Morgan fingerprint density at radius 1 is 1.46 bits per heavy atom. The minimum atomic E-state index is -0.317. The van der Waals surface area contributed by atoms with E-state index in [0.29, 0.717) is 22.3 Å². The average Bonchev–Trinajstić information content (AvgIpc) is 3.05. The van der Waals surface area contributed by atoms with Crippen LogP contribution in [0, 0.1) is 6.92 Å². The van der Waals surface area contributed by atoms with E-state index in [1.54, 1.807) is 13.3 Å². The Hall–Kier alpha value is -2.34. The standard InChI is InChI=1S/C17H19ClN4O2/c1-11-5-6-15(24-2)13(8-11)21-17(23)14-4-3-7-22(14)16-12(18)9-19-10-20-16/h5-6,8-10,14H,3-4,7H2,1-2H3,(H,21,23). The molecule has 1 aromatic carbocycles. The highest BCUT2D eigenvalue weighted by Gasteiger charge is 2.33. The molecule has 0 bridgehead atoms. The molecule has 1 amide bonds.